The predicted octanol–water partition coefficient (Wildman–Crippen LogP) is 2.23. The summed E-state index contributed by atoms with van der Waals surface area (Å²) in [6.45, 7) is 0. The highest BCUT2D eigenvalue weighted by atomic mass is 19.1. The van der Waals surface area contributed by atoms with Gasteiger partial charge >= 0.3 is 6.03 Å². The monoisotopic (exact) mass is 341 g/mol. The molecule has 1 aliphatic heterocycles. The third-order valence-corrected chi connectivity index (χ3v) is 3.99. The van der Waals surface area contributed by atoms with Gasteiger partial charge in [0.15, 0.2) is 0 Å². The Morgan fingerprint density at radius 2 is 1.84 bits per heavy atom. The first-order chi connectivity index (χ1) is 12.0. The number of rotatable bonds is 4. The summed E-state index contributed by atoms with van der Waals surface area (Å²) in [5, 5.41) is 5.25. The number of carbonyl (C=O) groups excluding carboxylic acids is 3. The lowest BCUT2D eigenvalue weighted by Gasteiger charge is -2.10. The summed E-state index contributed by atoms with van der Waals surface area (Å²) in [6.07, 6.45) is -0.0730. The Morgan fingerprint density at radius 3 is 2.44 bits per heavy atom. The van der Waals surface area contributed by atoms with Crippen LogP contribution in [0.2, 0.25) is 0 Å². The van der Waals surface area contributed by atoms with E-state index in [0.717, 1.165) is 4.90 Å². The molecule has 3 rings (SSSR count). The number of anilines is 1. The molecule has 2 aromatic carbocycles. The fourth-order valence-electron chi connectivity index (χ4n) is 2.58. The summed E-state index contributed by atoms with van der Waals surface area (Å²) in [7, 11) is 1.41. The average molecular weight is 341 g/mol. The summed E-state index contributed by atoms with van der Waals surface area (Å²) >= 11 is 0. The van der Waals surface area contributed by atoms with Crippen LogP contribution in [0.15, 0.2) is 48.5 Å². The van der Waals surface area contributed by atoms with Crippen molar-refractivity contribution in [1.29, 1.82) is 0 Å². The standard InChI is InChI=1S/C18H16FN3O3/c1-22-17(24)16(21-18(22)25)11-6-8-13(9-7-11)20-15(23)10-12-4-2-3-5-14(12)19/h2-9,16H,10H2,1H3,(H,20,23)(H,21,25). The second kappa shape index (κ2) is 6.72. The molecule has 1 fully saturated rings. The van der Waals surface area contributed by atoms with Gasteiger partial charge in [-0.3, -0.25) is 14.5 Å². The molecular formula is C18H16FN3O3. The maximum absolute atomic E-state index is 13.6. The lowest BCUT2D eigenvalue weighted by molar-refractivity contribution is -0.126. The molecule has 6 nitrogen and oxygen atoms in total. The molecule has 0 spiro atoms. The number of imide groups is 1. The van der Waals surface area contributed by atoms with Crippen LogP contribution in [0.3, 0.4) is 0 Å². The van der Waals surface area contributed by atoms with Crippen molar-refractivity contribution in [1.82, 2.24) is 10.2 Å². The Bertz CT molecular complexity index is 836. The number of amides is 4. The lowest BCUT2D eigenvalue weighted by Crippen LogP contribution is -2.25. The number of halogens is 1. The van der Waals surface area contributed by atoms with Crippen molar-refractivity contribution in [2.75, 3.05) is 12.4 Å². The Morgan fingerprint density at radius 1 is 1.16 bits per heavy atom. The molecular weight excluding hydrogens is 325 g/mol. The number of likely N-dealkylation sites (N-methyl/N-ethyl adjacent to an activating group) is 1. The molecule has 2 aromatic rings. The van der Waals surface area contributed by atoms with Gasteiger partial charge in [-0.15, -0.1) is 0 Å². The highest BCUT2D eigenvalue weighted by Crippen LogP contribution is 2.22. The van der Waals surface area contributed by atoms with Crippen LogP contribution in [0, 0.1) is 5.82 Å². The van der Waals surface area contributed by atoms with Crippen molar-refractivity contribution in [2.24, 2.45) is 0 Å². The van der Waals surface area contributed by atoms with Gasteiger partial charge in [0, 0.05) is 12.7 Å². The third-order valence-electron chi connectivity index (χ3n) is 3.99. The normalized spacial score (nSPS) is 16.7. The van der Waals surface area contributed by atoms with Gasteiger partial charge < -0.3 is 10.6 Å². The maximum atomic E-state index is 13.6. The average Bonchev–Trinajstić information content (AvgIpc) is 2.85. The molecule has 1 aliphatic rings. The molecule has 0 aromatic heterocycles. The van der Waals surface area contributed by atoms with Gasteiger partial charge in [-0.25, -0.2) is 9.18 Å². The Hall–Kier alpha value is -3.22. The lowest BCUT2D eigenvalue weighted by atomic mass is 10.1. The van der Waals surface area contributed by atoms with E-state index in [2.05, 4.69) is 10.6 Å². The maximum Gasteiger partial charge on any atom is 0.324 e. The van der Waals surface area contributed by atoms with Crippen LogP contribution in [0.5, 0.6) is 0 Å². The number of urea groups is 1. The van der Waals surface area contributed by atoms with Crippen molar-refractivity contribution in [2.45, 2.75) is 12.5 Å². The van der Waals surface area contributed by atoms with Crippen molar-refractivity contribution in [3.8, 4) is 0 Å². The highest BCUT2D eigenvalue weighted by Gasteiger charge is 2.36. The van der Waals surface area contributed by atoms with E-state index in [4.69, 9.17) is 0 Å². The molecule has 1 saturated heterocycles. The van der Waals surface area contributed by atoms with Gasteiger partial charge in [-0.1, -0.05) is 30.3 Å². The van der Waals surface area contributed by atoms with Crippen molar-refractivity contribution in [3.63, 3.8) is 0 Å². The molecule has 1 unspecified atom stereocenters. The zero-order valence-corrected chi connectivity index (χ0v) is 13.5. The van der Waals surface area contributed by atoms with Crippen molar-refractivity contribution >= 4 is 23.5 Å². The van der Waals surface area contributed by atoms with Gasteiger partial charge in [0.05, 0.1) is 6.42 Å². The van der Waals surface area contributed by atoms with Gasteiger partial charge in [0.2, 0.25) is 5.91 Å². The van der Waals surface area contributed by atoms with Crippen LogP contribution in [-0.4, -0.2) is 29.8 Å². The Balaban J connectivity index is 1.65. The molecule has 2 N–H and O–H groups in total. The second-order valence-corrected chi connectivity index (χ2v) is 5.72. The minimum Gasteiger partial charge on any atom is -0.326 e. The topological polar surface area (TPSA) is 78.5 Å². The Labute approximate surface area is 143 Å². The molecule has 4 amide bonds. The highest BCUT2D eigenvalue weighted by molar-refractivity contribution is 6.04. The van der Waals surface area contributed by atoms with E-state index in [9.17, 15) is 18.8 Å². The summed E-state index contributed by atoms with van der Waals surface area (Å²) < 4.78 is 13.6. The van der Waals surface area contributed by atoms with Crippen LogP contribution in [0.1, 0.15) is 17.2 Å². The Kier molecular flexibility index (Phi) is 4.47. The van der Waals surface area contributed by atoms with E-state index in [0.29, 0.717) is 16.8 Å². The number of hydrogen-bond acceptors (Lipinski definition) is 3. The molecule has 128 valence electrons. The quantitative estimate of drug-likeness (QED) is 0.837. The molecule has 0 aliphatic carbocycles. The van der Waals surface area contributed by atoms with Crippen LogP contribution >= 0.6 is 0 Å². The number of nitrogens with zero attached hydrogens (tertiary/aromatic N) is 1. The zero-order chi connectivity index (χ0) is 18.0. The van der Waals surface area contributed by atoms with Crippen LogP contribution < -0.4 is 10.6 Å². The number of hydrogen-bond donors (Lipinski definition) is 2. The first-order valence-corrected chi connectivity index (χ1v) is 7.67. The first kappa shape index (κ1) is 16.6. The number of benzene rings is 2. The smallest absolute Gasteiger partial charge is 0.324 e. The van der Waals surface area contributed by atoms with E-state index in [-0.39, 0.29) is 18.2 Å². The van der Waals surface area contributed by atoms with Crippen LogP contribution in [0.25, 0.3) is 0 Å². The predicted molar refractivity (Wildman–Crippen MR) is 89.2 cm³/mol. The van der Waals surface area contributed by atoms with Crippen molar-refractivity contribution < 1.29 is 18.8 Å². The molecule has 1 heterocycles. The SMILES string of the molecule is CN1C(=O)NC(c2ccc(NC(=O)Cc3ccccc3F)cc2)C1=O. The number of carbonyl (C=O) groups is 3. The summed E-state index contributed by atoms with van der Waals surface area (Å²) in [5.41, 5.74) is 1.46. The fourth-order valence-corrected chi connectivity index (χ4v) is 2.58. The number of nitrogens with one attached hydrogen (secondary N) is 2. The van der Waals surface area contributed by atoms with E-state index in [1.165, 1.54) is 13.1 Å². The van der Waals surface area contributed by atoms with Crippen molar-refractivity contribution in [3.05, 3.63) is 65.5 Å². The first-order valence-electron chi connectivity index (χ1n) is 7.67. The van der Waals surface area contributed by atoms with Gasteiger partial charge in [0.1, 0.15) is 11.9 Å². The van der Waals surface area contributed by atoms with E-state index >= 15 is 0 Å². The van der Waals surface area contributed by atoms with E-state index in [1.807, 2.05) is 0 Å². The fraction of sp³-hybridized carbons (Fsp3) is 0.167. The van der Waals surface area contributed by atoms with E-state index in [1.54, 1.807) is 42.5 Å². The largest absolute Gasteiger partial charge is 0.326 e. The van der Waals surface area contributed by atoms with Gasteiger partial charge in [-0.2, -0.15) is 0 Å². The molecule has 25 heavy (non-hydrogen) atoms. The van der Waals surface area contributed by atoms with Gasteiger partial charge in [-0.05, 0) is 29.3 Å². The molecule has 0 saturated carbocycles. The summed E-state index contributed by atoms with van der Waals surface area (Å²) in [4.78, 5) is 36.5. The minimum absolute atomic E-state index is 0.0730. The van der Waals surface area contributed by atoms with E-state index < -0.39 is 17.9 Å². The van der Waals surface area contributed by atoms with Gasteiger partial charge in [0.25, 0.3) is 5.91 Å². The molecule has 0 bridgehead atoms. The second-order valence-electron chi connectivity index (χ2n) is 5.72. The van der Waals surface area contributed by atoms with Crippen LogP contribution in [0.4, 0.5) is 14.9 Å². The summed E-state index contributed by atoms with van der Waals surface area (Å²) in [5.74, 6) is -1.10. The zero-order valence-electron chi connectivity index (χ0n) is 13.5. The molecule has 1 atom stereocenters. The molecule has 7 heteroatoms. The molecule has 0 radical (unpaired) electrons. The summed E-state index contributed by atoms with van der Waals surface area (Å²) in [6, 6.07) is 11.5. The van der Waals surface area contributed by atoms with Crippen LogP contribution in [-0.2, 0) is 16.0 Å². The third kappa shape index (κ3) is 3.50. The minimum atomic E-state index is -0.722.